The molecule has 0 radical (unpaired) electrons. The standard InChI is InChI=1S/C11H14BrCl2NO2S/c1-3-11(2,7-13)15-18(16,17)10-5-4-8(12)6-9(10)14/h4-6,15H,3,7H2,1-2H3. The lowest BCUT2D eigenvalue weighted by Gasteiger charge is -2.26. The van der Waals surface area contributed by atoms with Crippen molar-refractivity contribution in [3.63, 3.8) is 0 Å². The van der Waals surface area contributed by atoms with Gasteiger partial charge in [0.2, 0.25) is 10.0 Å². The molecule has 0 saturated heterocycles. The highest BCUT2D eigenvalue weighted by molar-refractivity contribution is 9.10. The zero-order valence-corrected chi connectivity index (χ0v) is 13.9. The number of alkyl halides is 1. The number of benzene rings is 1. The van der Waals surface area contributed by atoms with Gasteiger partial charge in [0.05, 0.1) is 5.02 Å². The summed E-state index contributed by atoms with van der Waals surface area (Å²) in [6, 6.07) is 4.63. The van der Waals surface area contributed by atoms with E-state index in [2.05, 4.69) is 20.7 Å². The third-order valence-corrected chi connectivity index (χ3v) is 5.84. The molecular formula is C11H14BrCl2NO2S. The molecule has 18 heavy (non-hydrogen) atoms. The van der Waals surface area contributed by atoms with E-state index in [4.69, 9.17) is 23.2 Å². The predicted octanol–water partition coefficient (Wildman–Crippen LogP) is 3.79. The SMILES string of the molecule is CCC(C)(CCl)NS(=O)(=O)c1ccc(Br)cc1Cl. The molecule has 3 nitrogen and oxygen atoms in total. The maximum atomic E-state index is 12.2. The Morgan fingerprint density at radius 1 is 1.44 bits per heavy atom. The highest BCUT2D eigenvalue weighted by Gasteiger charge is 2.29. The molecular weight excluding hydrogens is 361 g/mol. The van der Waals surface area contributed by atoms with E-state index in [0.29, 0.717) is 6.42 Å². The number of hydrogen-bond acceptors (Lipinski definition) is 2. The van der Waals surface area contributed by atoms with E-state index in [1.54, 1.807) is 19.1 Å². The van der Waals surface area contributed by atoms with Gasteiger partial charge in [0.1, 0.15) is 4.90 Å². The van der Waals surface area contributed by atoms with Crippen molar-refractivity contribution in [3.05, 3.63) is 27.7 Å². The van der Waals surface area contributed by atoms with Crippen molar-refractivity contribution in [2.45, 2.75) is 30.7 Å². The summed E-state index contributed by atoms with van der Waals surface area (Å²) < 4.78 is 27.8. The Morgan fingerprint density at radius 3 is 2.50 bits per heavy atom. The average molecular weight is 375 g/mol. The molecule has 0 aliphatic carbocycles. The molecule has 1 unspecified atom stereocenters. The number of hydrogen-bond donors (Lipinski definition) is 1. The van der Waals surface area contributed by atoms with Gasteiger partial charge in [-0.05, 0) is 31.5 Å². The van der Waals surface area contributed by atoms with Crippen LogP contribution in [0.5, 0.6) is 0 Å². The fourth-order valence-corrected chi connectivity index (χ4v) is 4.12. The predicted molar refractivity (Wildman–Crippen MR) is 78.9 cm³/mol. The first-order chi connectivity index (χ1) is 8.24. The van der Waals surface area contributed by atoms with Crippen molar-refractivity contribution >= 4 is 49.2 Å². The Balaban J connectivity index is 3.15. The maximum absolute atomic E-state index is 12.2. The zero-order valence-electron chi connectivity index (χ0n) is 10.0. The van der Waals surface area contributed by atoms with Crippen LogP contribution in [-0.4, -0.2) is 19.8 Å². The topological polar surface area (TPSA) is 46.2 Å². The van der Waals surface area contributed by atoms with E-state index in [1.165, 1.54) is 6.07 Å². The van der Waals surface area contributed by atoms with E-state index in [-0.39, 0.29) is 15.8 Å². The highest BCUT2D eigenvalue weighted by Crippen LogP contribution is 2.26. The van der Waals surface area contributed by atoms with Gasteiger partial charge in [-0.25, -0.2) is 13.1 Å². The molecule has 102 valence electrons. The number of nitrogens with one attached hydrogen (secondary N) is 1. The van der Waals surface area contributed by atoms with Gasteiger partial charge >= 0.3 is 0 Å². The number of rotatable bonds is 5. The molecule has 0 aliphatic heterocycles. The van der Waals surface area contributed by atoms with Crippen LogP contribution in [0.3, 0.4) is 0 Å². The fraction of sp³-hybridized carbons (Fsp3) is 0.455. The summed E-state index contributed by atoms with van der Waals surface area (Å²) in [5.74, 6) is 0.191. The molecule has 0 heterocycles. The minimum absolute atomic E-state index is 0.0529. The lowest BCUT2D eigenvalue weighted by molar-refractivity contribution is 0.444. The summed E-state index contributed by atoms with van der Waals surface area (Å²) in [7, 11) is -3.68. The van der Waals surface area contributed by atoms with Gasteiger partial charge in [0.25, 0.3) is 0 Å². The van der Waals surface area contributed by atoms with E-state index in [1.807, 2.05) is 6.92 Å². The molecule has 0 aliphatic rings. The molecule has 0 amide bonds. The molecule has 0 spiro atoms. The first-order valence-corrected chi connectivity index (χ1v) is 8.48. The average Bonchev–Trinajstić information content (AvgIpc) is 2.27. The maximum Gasteiger partial charge on any atom is 0.242 e. The molecule has 0 fully saturated rings. The third-order valence-electron chi connectivity index (χ3n) is 2.64. The van der Waals surface area contributed by atoms with E-state index in [9.17, 15) is 8.42 Å². The van der Waals surface area contributed by atoms with Crippen molar-refractivity contribution in [3.8, 4) is 0 Å². The molecule has 0 bridgehead atoms. The summed E-state index contributed by atoms with van der Waals surface area (Å²) in [5, 5.41) is 0.171. The van der Waals surface area contributed by atoms with Crippen LogP contribution in [-0.2, 0) is 10.0 Å². The summed E-state index contributed by atoms with van der Waals surface area (Å²) in [4.78, 5) is 0.0529. The molecule has 1 atom stereocenters. The summed E-state index contributed by atoms with van der Waals surface area (Å²) in [6.07, 6.45) is 0.587. The van der Waals surface area contributed by atoms with E-state index < -0.39 is 15.6 Å². The summed E-state index contributed by atoms with van der Waals surface area (Å²) >= 11 is 15.0. The minimum atomic E-state index is -3.68. The van der Waals surface area contributed by atoms with Crippen molar-refractivity contribution in [1.82, 2.24) is 4.72 Å². The molecule has 1 aromatic carbocycles. The smallest absolute Gasteiger partial charge is 0.207 e. The molecule has 1 rings (SSSR count). The third kappa shape index (κ3) is 3.84. The van der Waals surface area contributed by atoms with Crippen LogP contribution < -0.4 is 4.72 Å². The normalized spacial score (nSPS) is 15.4. The largest absolute Gasteiger partial charge is 0.242 e. The van der Waals surface area contributed by atoms with Gasteiger partial charge in [-0.3, -0.25) is 0 Å². The van der Waals surface area contributed by atoms with Crippen LogP contribution in [0.15, 0.2) is 27.6 Å². The fourth-order valence-electron chi connectivity index (χ4n) is 1.27. The Hall–Kier alpha value is 0.190. The minimum Gasteiger partial charge on any atom is -0.207 e. The number of sulfonamides is 1. The highest BCUT2D eigenvalue weighted by atomic mass is 79.9. The number of halogens is 3. The molecule has 1 aromatic rings. The molecule has 0 aromatic heterocycles. The second-order valence-corrected chi connectivity index (χ2v) is 7.47. The first kappa shape index (κ1) is 16.2. The second kappa shape index (κ2) is 6.09. The van der Waals surface area contributed by atoms with Crippen molar-refractivity contribution < 1.29 is 8.42 Å². The van der Waals surface area contributed by atoms with Crippen LogP contribution >= 0.6 is 39.1 Å². The van der Waals surface area contributed by atoms with E-state index in [0.717, 1.165) is 4.47 Å². The van der Waals surface area contributed by atoms with Crippen LogP contribution in [0.4, 0.5) is 0 Å². The van der Waals surface area contributed by atoms with Crippen LogP contribution in [0.2, 0.25) is 5.02 Å². The quantitative estimate of drug-likeness (QED) is 0.797. The Morgan fingerprint density at radius 2 is 2.06 bits per heavy atom. The zero-order chi connectivity index (χ0) is 14.0. The van der Waals surface area contributed by atoms with Crippen LogP contribution in [0.25, 0.3) is 0 Å². The summed E-state index contributed by atoms with van der Waals surface area (Å²) in [5.41, 5.74) is -0.684. The Labute approximate surface area is 126 Å². The van der Waals surface area contributed by atoms with Gasteiger partial charge in [0, 0.05) is 15.9 Å². The summed E-state index contributed by atoms with van der Waals surface area (Å²) in [6.45, 7) is 3.62. The molecule has 0 saturated carbocycles. The molecule has 7 heteroatoms. The van der Waals surface area contributed by atoms with Crippen molar-refractivity contribution in [1.29, 1.82) is 0 Å². The lowest BCUT2D eigenvalue weighted by atomic mass is 10.0. The Kier molecular flexibility index (Phi) is 5.50. The Bertz CT molecular complexity index is 530. The van der Waals surface area contributed by atoms with E-state index >= 15 is 0 Å². The van der Waals surface area contributed by atoms with Gasteiger partial charge < -0.3 is 0 Å². The van der Waals surface area contributed by atoms with Gasteiger partial charge in [-0.1, -0.05) is 34.5 Å². The van der Waals surface area contributed by atoms with Gasteiger partial charge in [0.15, 0.2) is 0 Å². The van der Waals surface area contributed by atoms with Crippen LogP contribution in [0, 0.1) is 0 Å². The van der Waals surface area contributed by atoms with Crippen molar-refractivity contribution in [2.75, 3.05) is 5.88 Å². The van der Waals surface area contributed by atoms with Crippen molar-refractivity contribution in [2.24, 2.45) is 0 Å². The second-order valence-electron chi connectivity index (χ2n) is 4.23. The monoisotopic (exact) mass is 373 g/mol. The van der Waals surface area contributed by atoms with Crippen LogP contribution in [0.1, 0.15) is 20.3 Å². The van der Waals surface area contributed by atoms with Gasteiger partial charge in [-0.2, -0.15) is 0 Å². The van der Waals surface area contributed by atoms with Gasteiger partial charge in [-0.15, -0.1) is 11.6 Å². The molecule has 1 N–H and O–H groups in total. The first-order valence-electron chi connectivity index (χ1n) is 5.29. The lowest BCUT2D eigenvalue weighted by Crippen LogP contribution is -2.46.